The van der Waals surface area contributed by atoms with E-state index in [0.29, 0.717) is 40.3 Å². The van der Waals surface area contributed by atoms with Gasteiger partial charge in [0.25, 0.3) is 5.91 Å². The predicted octanol–water partition coefficient (Wildman–Crippen LogP) is 6.28. The highest BCUT2D eigenvalue weighted by Crippen LogP contribution is 2.35. The Morgan fingerprint density at radius 1 is 1.18 bits per heavy atom. The number of carboxylic acid groups (broad SMARTS) is 1. The molecule has 0 aliphatic carbocycles. The molecule has 0 saturated carbocycles. The number of benzene rings is 1. The summed E-state index contributed by atoms with van der Waals surface area (Å²) in [7, 11) is 0. The number of hydrogen-bond acceptors (Lipinski definition) is 6. The van der Waals surface area contributed by atoms with Crippen LogP contribution in [0.5, 0.6) is 11.5 Å². The molecule has 1 N–H and O–H groups in total. The lowest BCUT2D eigenvalue weighted by atomic mass is 10.1. The smallest absolute Gasteiger partial charge is 0.303 e. The molecule has 0 bridgehead atoms. The van der Waals surface area contributed by atoms with Crippen LogP contribution in [-0.4, -0.2) is 45.5 Å². The van der Waals surface area contributed by atoms with Gasteiger partial charge < -0.3 is 14.6 Å². The Morgan fingerprint density at radius 2 is 1.94 bits per heavy atom. The third-order valence-electron chi connectivity index (χ3n) is 5.25. The number of thiocarbonyl (C=S) groups is 1. The van der Waals surface area contributed by atoms with E-state index in [1.807, 2.05) is 25.1 Å². The second-order valence-corrected chi connectivity index (χ2v) is 9.78. The van der Waals surface area contributed by atoms with Crippen LogP contribution in [0.2, 0.25) is 0 Å². The summed E-state index contributed by atoms with van der Waals surface area (Å²) in [5, 5.41) is 8.81. The molecule has 2 rings (SSSR count). The zero-order valence-electron chi connectivity index (χ0n) is 19.8. The number of carboxylic acids is 1. The number of carbonyl (C=O) groups excluding carboxylic acids is 1. The van der Waals surface area contributed by atoms with E-state index in [4.69, 9.17) is 26.8 Å². The van der Waals surface area contributed by atoms with Crippen LogP contribution in [0.4, 0.5) is 0 Å². The minimum atomic E-state index is -0.882. The number of ether oxygens (including phenoxy) is 2. The highest BCUT2D eigenvalue weighted by Gasteiger charge is 2.31. The van der Waals surface area contributed by atoms with Crippen molar-refractivity contribution in [3.05, 3.63) is 28.7 Å². The number of nitrogens with zero attached hydrogens (tertiary/aromatic N) is 1. The lowest BCUT2D eigenvalue weighted by molar-refractivity contribution is -0.137. The van der Waals surface area contributed by atoms with Crippen molar-refractivity contribution in [3.63, 3.8) is 0 Å². The second-order valence-electron chi connectivity index (χ2n) is 8.10. The molecule has 33 heavy (non-hydrogen) atoms. The van der Waals surface area contributed by atoms with Gasteiger partial charge in [0.2, 0.25) is 0 Å². The molecular formula is C25H35NO5S2. The molecule has 1 amide bonds. The molecule has 1 aromatic carbocycles. The minimum absolute atomic E-state index is 0.00640. The molecule has 1 aliphatic heterocycles. The third kappa shape index (κ3) is 9.01. The number of carbonyl (C=O) groups is 2. The maximum atomic E-state index is 12.7. The minimum Gasteiger partial charge on any atom is -0.490 e. The first-order chi connectivity index (χ1) is 15.8. The van der Waals surface area contributed by atoms with Gasteiger partial charge in [-0.15, -0.1) is 0 Å². The number of rotatable bonds is 15. The summed E-state index contributed by atoms with van der Waals surface area (Å²) in [6, 6.07) is 5.67. The summed E-state index contributed by atoms with van der Waals surface area (Å²) in [6.45, 7) is 7.04. The monoisotopic (exact) mass is 493 g/mol. The van der Waals surface area contributed by atoms with Crippen LogP contribution in [-0.2, 0) is 9.59 Å². The molecule has 1 aromatic rings. The number of hydrogen-bond donors (Lipinski definition) is 1. The molecule has 1 aliphatic rings. The van der Waals surface area contributed by atoms with Crippen LogP contribution in [0.15, 0.2) is 23.1 Å². The summed E-state index contributed by atoms with van der Waals surface area (Å²) in [5.74, 6) is 0.287. The Labute approximate surface area is 206 Å². The lowest BCUT2D eigenvalue weighted by Crippen LogP contribution is -2.29. The molecule has 1 unspecified atom stereocenters. The summed E-state index contributed by atoms with van der Waals surface area (Å²) >= 11 is 6.55. The fourth-order valence-electron chi connectivity index (χ4n) is 3.52. The average Bonchev–Trinajstić information content (AvgIpc) is 3.02. The fraction of sp³-hybridized carbons (Fsp3) is 0.560. The Morgan fingerprint density at radius 3 is 2.64 bits per heavy atom. The highest BCUT2D eigenvalue weighted by atomic mass is 32.2. The number of thioether (sulfide) groups is 1. The van der Waals surface area contributed by atoms with Gasteiger partial charge in [-0.2, -0.15) is 0 Å². The molecule has 1 saturated heterocycles. The van der Waals surface area contributed by atoms with Crippen LogP contribution in [0, 0.1) is 0 Å². The van der Waals surface area contributed by atoms with Gasteiger partial charge in [0.15, 0.2) is 11.5 Å². The van der Waals surface area contributed by atoms with Crippen molar-refractivity contribution in [2.75, 3.05) is 13.2 Å². The summed E-state index contributed by atoms with van der Waals surface area (Å²) in [4.78, 5) is 25.5. The van der Waals surface area contributed by atoms with E-state index >= 15 is 0 Å². The lowest BCUT2D eigenvalue weighted by Gasteiger charge is -2.18. The van der Waals surface area contributed by atoms with E-state index in [9.17, 15) is 9.59 Å². The number of amides is 1. The van der Waals surface area contributed by atoms with Crippen molar-refractivity contribution < 1.29 is 24.2 Å². The van der Waals surface area contributed by atoms with Crippen LogP contribution >= 0.6 is 24.0 Å². The van der Waals surface area contributed by atoms with Crippen LogP contribution in [0.25, 0.3) is 6.08 Å². The maximum absolute atomic E-state index is 12.7. The molecule has 0 spiro atoms. The van der Waals surface area contributed by atoms with Crippen molar-refractivity contribution >= 4 is 46.3 Å². The quantitative estimate of drug-likeness (QED) is 0.175. The molecule has 1 heterocycles. The van der Waals surface area contributed by atoms with Gasteiger partial charge in [0.05, 0.1) is 17.6 Å². The van der Waals surface area contributed by atoms with Crippen molar-refractivity contribution in [3.8, 4) is 11.5 Å². The Hall–Kier alpha value is -2.06. The maximum Gasteiger partial charge on any atom is 0.303 e. The van der Waals surface area contributed by atoms with Crippen molar-refractivity contribution in [1.29, 1.82) is 0 Å². The third-order valence-corrected chi connectivity index (χ3v) is 6.63. The molecular weight excluding hydrogens is 458 g/mol. The van der Waals surface area contributed by atoms with Crippen LogP contribution < -0.4 is 9.47 Å². The van der Waals surface area contributed by atoms with E-state index in [-0.39, 0.29) is 18.4 Å². The van der Waals surface area contributed by atoms with Crippen molar-refractivity contribution in [1.82, 2.24) is 4.90 Å². The average molecular weight is 494 g/mol. The molecule has 1 fully saturated rings. The zero-order valence-corrected chi connectivity index (χ0v) is 21.4. The van der Waals surface area contributed by atoms with Gasteiger partial charge in [-0.3, -0.25) is 14.5 Å². The SMILES string of the molecule is CCCCCCCC(C)Oc1ccc(/C=C2/SC(=S)N(CCCC(=O)O)C2=O)cc1OCC. The molecule has 6 nitrogen and oxygen atoms in total. The van der Waals surface area contributed by atoms with Gasteiger partial charge >= 0.3 is 5.97 Å². The second kappa shape index (κ2) is 14.3. The summed E-state index contributed by atoms with van der Waals surface area (Å²) in [6.07, 6.45) is 9.44. The number of unbranched alkanes of at least 4 members (excludes halogenated alkanes) is 4. The van der Waals surface area contributed by atoms with Gasteiger partial charge in [0.1, 0.15) is 4.32 Å². The van der Waals surface area contributed by atoms with E-state index in [0.717, 1.165) is 18.4 Å². The van der Waals surface area contributed by atoms with E-state index in [1.165, 1.54) is 42.3 Å². The van der Waals surface area contributed by atoms with Gasteiger partial charge in [-0.05, 0) is 56.9 Å². The highest BCUT2D eigenvalue weighted by molar-refractivity contribution is 8.26. The van der Waals surface area contributed by atoms with E-state index in [2.05, 4.69) is 13.8 Å². The predicted molar refractivity (Wildman–Crippen MR) is 138 cm³/mol. The van der Waals surface area contributed by atoms with Gasteiger partial charge in [-0.25, -0.2) is 0 Å². The Bertz CT molecular complexity index is 855. The Kier molecular flexibility index (Phi) is 11.7. The van der Waals surface area contributed by atoms with Gasteiger partial charge in [-0.1, -0.05) is 62.7 Å². The fourth-order valence-corrected chi connectivity index (χ4v) is 4.83. The van der Waals surface area contributed by atoms with Crippen molar-refractivity contribution in [2.24, 2.45) is 0 Å². The van der Waals surface area contributed by atoms with Crippen LogP contribution in [0.3, 0.4) is 0 Å². The normalized spacial score (nSPS) is 15.8. The molecule has 0 radical (unpaired) electrons. The first-order valence-electron chi connectivity index (χ1n) is 11.8. The summed E-state index contributed by atoms with van der Waals surface area (Å²) in [5.41, 5.74) is 0.823. The van der Waals surface area contributed by atoms with Gasteiger partial charge in [0, 0.05) is 13.0 Å². The topological polar surface area (TPSA) is 76.1 Å². The largest absolute Gasteiger partial charge is 0.490 e. The van der Waals surface area contributed by atoms with Crippen molar-refractivity contribution in [2.45, 2.75) is 78.2 Å². The molecule has 1 atom stereocenters. The number of aliphatic carboxylic acids is 1. The zero-order chi connectivity index (χ0) is 24.2. The first kappa shape index (κ1) is 27.2. The molecule has 0 aromatic heterocycles. The molecule has 182 valence electrons. The molecule has 8 heteroatoms. The first-order valence-corrected chi connectivity index (χ1v) is 13.0. The van der Waals surface area contributed by atoms with E-state index < -0.39 is 5.97 Å². The van der Waals surface area contributed by atoms with Crippen LogP contribution in [0.1, 0.15) is 77.7 Å². The Balaban J connectivity index is 2.04. The summed E-state index contributed by atoms with van der Waals surface area (Å²) < 4.78 is 12.4. The standard InChI is InChI=1S/C25H35NO5S2/c1-4-6-7-8-9-11-18(3)31-20-14-13-19(16-21(20)30-5-2)17-22-24(29)26(25(32)33-22)15-10-12-23(27)28/h13-14,16-18H,4-12,15H2,1-3H3,(H,27,28)/b22-17+. The van der Waals surface area contributed by atoms with E-state index in [1.54, 1.807) is 6.08 Å².